The first-order valence-electron chi connectivity index (χ1n) is 11.1. The summed E-state index contributed by atoms with van der Waals surface area (Å²) in [5.41, 5.74) is 5.66. The van der Waals surface area contributed by atoms with Gasteiger partial charge in [0.05, 0.1) is 6.61 Å². The number of nitrogens with zero attached hydrogens (tertiary/aromatic N) is 1. The lowest BCUT2D eigenvalue weighted by Gasteiger charge is -2.37. The molecule has 0 unspecified atom stereocenters. The number of primary amides is 1. The molecule has 2 fully saturated rings. The van der Waals surface area contributed by atoms with E-state index < -0.39 is 38.9 Å². The Kier molecular flexibility index (Phi) is 6.83. The van der Waals surface area contributed by atoms with Gasteiger partial charge in [-0.15, -0.1) is 0 Å². The Morgan fingerprint density at radius 3 is 2.45 bits per heavy atom. The molecule has 1 saturated carbocycles. The van der Waals surface area contributed by atoms with Crippen LogP contribution in [0.3, 0.4) is 0 Å². The van der Waals surface area contributed by atoms with Crippen LogP contribution in [0, 0.1) is 17.6 Å². The molecule has 1 saturated heterocycles. The SMILES string of the molecule is C[C@H]1CC[C@H](c2ccccc2)S(=O)(=O)N1Cc1cc(F)c([C@H](OCC2CC2)C(N)=O)cc1F. The summed E-state index contributed by atoms with van der Waals surface area (Å²) in [5.74, 6) is -2.26. The minimum absolute atomic E-state index is 0.106. The Labute approximate surface area is 192 Å². The number of carbonyl (C=O) groups excluding carboxylic acids is 1. The normalized spacial score (nSPS) is 23.8. The van der Waals surface area contributed by atoms with Crippen LogP contribution >= 0.6 is 0 Å². The second kappa shape index (κ2) is 9.48. The van der Waals surface area contributed by atoms with E-state index in [1.807, 2.05) is 6.07 Å². The van der Waals surface area contributed by atoms with Gasteiger partial charge in [0.15, 0.2) is 6.10 Å². The third-order valence-corrected chi connectivity index (χ3v) is 8.79. The molecule has 1 heterocycles. The fraction of sp³-hybridized carbons (Fsp3) is 0.458. The number of nitrogens with two attached hydrogens (primary N) is 1. The molecule has 178 valence electrons. The Morgan fingerprint density at radius 1 is 1.12 bits per heavy atom. The van der Waals surface area contributed by atoms with E-state index >= 15 is 4.39 Å². The van der Waals surface area contributed by atoms with E-state index in [2.05, 4.69) is 0 Å². The van der Waals surface area contributed by atoms with Gasteiger partial charge < -0.3 is 10.5 Å². The first-order valence-corrected chi connectivity index (χ1v) is 12.6. The van der Waals surface area contributed by atoms with E-state index in [1.54, 1.807) is 31.2 Å². The van der Waals surface area contributed by atoms with Gasteiger partial charge in [0.2, 0.25) is 10.0 Å². The lowest BCUT2D eigenvalue weighted by molar-refractivity contribution is -0.130. The predicted octanol–water partition coefficient (Wildman–Crippen LogP) is 3.97. The van der Waals surface area contributed by atoms with Gasteiger partial charge >= 0.3 is 0 Å². The van der Waals surface area contributed by atoms with Crippen molar-refractivity contribution in [2.24, 2.45) is 11.7 Å². The molecule has 6 nitrogen and oxygen atoms in total. The fourth-order valence-electron chi connectivity index (χ4n) is 4.29. The summed E-state index contributed by atoms with van der Waals surface area (Å²) in [6.07, 6.45) is 1.59. The number of sulfonamides is 1. The Bertz CT molecular complexity index is 1120. The molecule has 1 aliphatic carbocycles. The number of hydrogen-bond donors (Lipinski definition) is 1. The van der Waals surface area contributed by atoms with Gasteiger partial charge in [0.25, 0.3) is 5.91 Å². The number of halogens is 2. The van der Waals surface area contributed by atoms with Crippen molar-refractivity contribution in [2.75, 3.05) is 6.61 Å². The van der Waals surface area contributed by atoms with Crippen molar-refractivity contribution in [3.63, 3.8) is 0 Å². The summed E-state index contributed by atoms with van der Waals surface area (Å²) < 4.78 is 63.4. The molecule has 1 amide bonds. The average molecular weight is 479 g/mol. The van der Waals surface area contributed by atoms with Gasteiger partial charge in [0.1, 0.15) is 16.9 Å². The van der Waals surface area contributed by atoms with Crippen molar-refractivity contribution in [3.8, 4) is 0 Å². The molecule has 0 aromatic heterocycles. The lowest BCUT2D eigenvalue weighted by Crippen LogP contribution is -2.44. The molecule has 2 aliphatic rings. The molecule has 2 aromatic rings. The largest absolute Gasteiger partial charge is 0.367 e. The van der Waals surface area contributed by atoms with Gasteiger partial charge in [-0.1, -0.05) is 30.3 Å². The maximum absolute atomic E-state index is 15.0. The standard InChI is InChI=1S/C24H28F2N2O4S/c1-15-7-10-22(17-5-3-2-4-6-17)33(30,31)28(15)13-18-11-21(26)19(12-20(18)25)23(24(27)29)32-14-16-8-9-16/h2-6,11-12,15-16,22-23H,7-10,13-14H2,1H3,(H2,27,29)/t15-,22+,23-/m0/s1. The summed E-state index contributed by atoms with van der Waals surface area (Å²) >= 11 is 0. The number of rotatable bonds is 8. The fourth-order valence-corrected chi connectivity index (χ4v) is 6.48. The van der Waals surface area contributed by atoms with E-state index in [1.165, 1.54) is 4.31 Å². The highest BCUT2D eigenvalue weighted by Crippen LogP contribution is 2.38. The van der Waals surface area contributed by atoms with E-state index in [4.69, 9.17) is 10.5 Å². The van der Waals surface area contributed by atoms with E-state index in [-0.39, 0.29) is 30.3 Å². The average Bonchev–Trinajstić information content (AvgIpc) is 3.59. The second-order valence-electron chi connectivity index (χ2n) is 8.94. The maximum atomic E-state index is 15.0. The molecule has 4 rings (SSSR count). The number of amides is 1. The van der Waals surface area contributed by atoms with Crippen molar-refractivity contribution in [2.45, 2.75) is 56.5 Å². The van der Waals surface area contributed by atoms with Crippen LogP contribution in [0.5, 0.6) is 0 Å². The van der Waals surface area contributed by atoms with Crippen LogP contribution in [-0.2, 0) is 26.1 Å². The second-order valence-corrected chi connectivity index (χ2v) is 11.0. The summed E-state index contributed by atoms with van der Waals surface area (Å²) in [4.78, 5) is 11.8. The van der Waals surface area contributed by atoms with Crippen molar-refractivity contribution in [1.29, 1.82) is 0 Å². The Hall–Kier alpha value is -2.36. The molecule has 2 N–H and O–H groups in total. The zero-order chi connectivity index (χ0) is 23.8. The highest BCUT2D eigenvalue weighted by Gasteiger charge is 2.41. The highest BCUT2D eigenvalue weighted by atomic mass is 32.2. The molecule has 2 aromatic carbocycles. The molecular weight excluding hydrogens is 450 g/mol. The summed E-state index contributed by atoms with van der Waals surface area (Å²) in [6.45, 7) is 1.71. The van der Waals surface area contributed by atoms with E-state index in [0.29, 0.717) is 24.3 Å². The Morgan fingerprint density at radius 2 is 1.82 bits per heavy atom. The van der Waals surface area contributed by atoms with Crippen LogP contribution in [0.25, 0.3) is 0 Å². The smallest absolute Gasteiger partial charge is 0.251 e. The third kappa shape index (κ3) is 5.10. The topological polar surface area (TPSA) is 89.7 Å². The summed E-state index contributed by atoms with van der Waals surface area (Å²) in [6, 6.07) is 10.4. The number of ether oxygens (including phenoxy) is 1. The highest BCUT2D eigenvalue weighted by molar-refractivity contribution is 7.89. The molecule has 0 bridgehead atoms. The first kappa shape index (κ1) is 23.8. The minimum atomic E-state index is -3.80. The number of benzene rings is 2. The van der Waals surface area contributed by atoms with Gasteiger partial charge in [-0.3, -0.25) is 4.79 Å². The molecule has 33 heavy (non-hydrogen) atoms. The molecular formula is C24H28F2N2O4S. The van der Waals surface area contributed by atoms with Gasteiger partial charge in [-0.2, -0.15) is 4.31 Å². The van der Waals surface area contributed by atoms with Crippen LogP contribution in [0.15, 0.2) is 42.5 Å². The zero-order valence-corrected chi connectivity index (χ0v) is 19.2. The van der Waals surface area contributed by atoms with Gasteiger partial charge in [-0.05, 0) is 56.2 Å². The monoisotopic (exact) mass is 478 g/mol. The van der Waals surface area contributed by atoms with E-state index in [9.17, 15) is 17.6 Å². The van der Waals surface area contributed by atoms with Crippen LogP contribution in [-0.4, -0.2) is 31.3 Å². The van der Waals surface area contributed by atoms with Crippen molar-refractivity contribution >= 4 is 15.9 Å². The minimum Gasteiger partial charge on any atom is -0.367 e. The third-order valence-electron chi connectivity index (χ3n) is 6.42. The molecule has 3 atom stereocenters. The van der Waals surface area contributed by atoms with Crippen molar-refractivity contribution < 1.29 is 26.7 Å². The first-order chi connectivity index (χ1) is 15.7. The van der Waals surface area contributed by atoms with Gasteiger partial charge in [-0.25, -0.2) is 17.2 Å². The quantitative estimate of drug-likeness (QED) is 0.622. The summed E-state index contributed by atoms with van der Waals surface area (Å²) in [7, 11) is -3.80. The van der Waals surface area contributed by atoms with Gasteiger partial charge in [0, 0.05) is 23.7 Å². The maximum Gasteiger partial charge on any atom is 0.251 e. The predicted molar refractivity (Wildman–Crippen MR) is 119 cm³/mol. The molecule has 1 aliphatic heterocycles. The van der Waals surface area contributed by atoms with Crippen molar-refractivity contribution in [1.82, 2.24) is 4.31 Å². The number of hydrogen-bond acceptors (Lipinski definition) is 4. The lowest BCUT2D eigenvalue weighted by atomic mass is 10.0. The van der Waals surface area contributed by atoms with Crippen LogP contribution in [0.4, 0.5) is 8.78 Å². The Balaban J connectivity index is 1.59. The zero-order valence-electron chi connectivity index (χ0n) is 18.4. The number of carbonyl (C=O) groups is 1. The summed E-state index contributed by atoms with van der Waals surface area (Å²) in [5, 5.41) is -0.739. The van der Waals surface area contributed by atoms with Crippen LogP contribution in [0.1, 0.15) is 60.7 Å². The molecule has 0 spiro atoms. The molecule has 0 radical (unpaired) electrons. The van der Waals surface area contributed by atoms with E-state index in [0.717, 1.165) is 25.0 Å². The van der Waals surface area contributed by atoms with Crippen LogP contribution in [0.2, 0.25) is 0 Å². The molecule has 9 heteroatoms. The van der Waals surface area contributed by atoms with Crippen molar-refractivity contribution in [3.05, 3.63) is 70.8 Å². The van der Waals surface area contributed by atoms with Crippen LogP contribution < -0.4 is 5.73 Å².